The van der Waals surface area contributed by atoms with Crippen LogP contribution in [0.4, 0.5) is 0 Å². The van der Waals surface area contributed by atoms with Crippen molar-refractivity contribution in [2.45, 2.75) is 37.8 Å². The molecule has 7 heteroatoms. The Labute approximate surface area is 132 Å². The van der Waals surface area contributed by atoms with E-state index in [1.54, 1.807) is 19.2 Å². The summed E-state index contributed by atoms with van der Waals surface area (Å²) in [7, 11) is -1.96. The van der Waals surface area contributed by atoms with Crippen LogP contribution in [0.25, 0.3) is 0 Å². The second-order valence-electron chi connectivity index (χ2n) is 4.84. The first kappa shape index (κ1) is 18.4. The Bertz CT molecular complexity index is 549. The molecule has 0 saturated heterocycles. The first-order valence-corrected chi connectivity index (χ1v) is 8.77. The maximum absolute atomic E-state index is 12.3. The van der Waals surface area contributed by atoms with Crippen molar-refractivity contribution in [3.05, 3.63) is 28.8 Å². The Hall–Kier alpha value is -0.660. The topological polar surface area (TPSA) is 67.4 Å². The van der Waals surface area contributed by atoms with Crippen molar-refractivity contribution in [2.75, 3.05) is 20.3 Å². The number of benzene rings is 1. The van der Waals surface area contributed by atoms with E-state index in [0.717, 1.165) is 12.1 Å². The summed E-state index contributed by atoms with van der Waals surface area (Å²) in [5.74, 6) is 0. The molecular weight excluding hydrogens is 312 g/mol. The Morgan fingerprint density at radius 2 is 2.10 bits per heavy atom. The minimum atomic E-state index is -3.55. The predicted octanol–water partition coefficient (Wildman–Crippen LogP) is 2.15. The van der Waals surface area contributed by atoms with Gasteiger partial charge in [0.1, 0.15) is 0 Å². The van der Waals surface area contributed by atoms with Gasteiger partial charge in [-0.2, -0.15) is 0 Å². The quantitative estimate of drug-likeness (QED) is 0.726. The van der Waals surface area contributed by atoms with Crippen LogP contribution in [0.1, 0.15) is 25.8 Å². The third-order valence-electron chi connectivity index (χ3n) is 3.00. The van der Waals surface area contributed by atoms with Crippen LogP contribution in [0.2, 0.25) is 5.02 Å². The zero-order valence-corrected chi connectivity index (χ0v) is 14.2. The number of nitrogens with one attached hydrogen (secondary N) is 2. The summed E-state index contributed by atoms with van der Waals surface area (Å²) in [5.41, 5.74) is 0.769. The normalized spacial score (nSPS) is 13.3. The van der Waals surface area contributed by atoms with Crippen LogP contribution in [-0.4, -0.2) is 34.7 Å². The monoisotopic (exact) mass is 334 g/mol. The molecule has 1 aromatic carbocycles. The smallest absolute Gasteiger partial charge is 0.240 e. The SMILES string of the molecule is CCNCc1cc(S(=O)(=O)NC(C)CCOC)ccc1Cl. The molecule has 0 aromatic heterocycles. The zero-order chi connectivity index (χ0) is 15.9. The Balaban J connectivity index is 2.87. The van der Waals surface area contributed by atoms with Gasteiger partial charge in [-0.1, -0.05) is 18.5 Å². The summed E-state index contributed by atoms with van der Waals surface area (Å²) in [6.07, 6.45) is 0.619. The van der Waals surface area contributed by atoms with Crippen LogP contribution in [0, 0.1) is 0 Å². The van der Waals surface area contributed by atoms with Crippen LogP contribution < -0.4 is 10.0 Å². The van der Waals surface area contributed by atoms with Gasteiger partial charge in [0.25, 0.3) is 0 Å². The molecule has 0 amide bonds. The van der Waals surface area contributed by atoms with E-state index in [1.807, 2.05) is 13.8 Å². The van der Waals surface area contributed by atoms with E-state index in [4.69, 9.17) is 16.3 Å². The highest BCUT2D eigenvalue weighted by atomic mass is 35.5. The van der Waals surface area contributed by atoms with Crippen molar-refractivity contribution in [3.8, 4) is 0 Å². The lowest BCUT2D eigenvalue weighted by Gasteiger charge is -2.15. The Morgan fingerprint density at radius 3 is 2.71 bits per heavy atom. The van der Waals surface area contributed by atoms with Gasteiger partial charge in [-0.15, -0.1) is 0 Å². The van der Waals surface area contributed by atoms with Gasteiger partial charge in [0.05, 0.1) is 4.90 Å². The summed E-state index contributed by atoms with van der Waals surface area (Å²) >= 11 is 6.08. The lowest BCUT2D eigenvalue weighted by atomic mass is 10.2. The number of rotatable bonds is 9. The minimum Gasteiger partial charge on any atom is -0.385 e. The third kappa shape index (κ3) is 5.92. The third-order valence-corrected chi connectivity index (χ3v) is 4.96. The van der Waals surface area contributed by atoms with Crippen molar-refractivity contribution in [1.29, 1.82) is 0 Å². The minimum absolute atomic E-state index is 0.192. The van der Waals surface area contributed by atoms with Gasteiger partial charge in [0.2, 0.25) is 10.0 Å². The predicted molar refractivity (Wildman–Crippen MR) is 85.1 cm³/mol. The van der Waals surface area contributed by atoms with E-state index in [9.17, 15) is 8.42 Å². The molecule has 1 rings (SSSR count). The first-order valence-electron chi connectivity index (χ1n) is 6.91. The van der Waals surface area contributed by atoms with Crippen LogP contribution in [0.5, 0.6) is 0 Å². The summed E-state index contributed by atoms with van der Waals surface area (Å²) in [4.78, 5) is 0.226. The molecule has 5 nitrogen and oxygen atoms in total. The molecule has 0 heterocycles. The average Bonchev–Trinajstić information content (AvgIpc) is 2.43. The molecule has 0 spiro atoms. The molecule has 120 valence electrons. The lowest BCUT2D eigenvalue weighted by Crippen LogP contribution is -2.33. The Morgan fingerprint density at radius 1 is 1.38 bits per heavy atom. The molecule has 1 unspecified atom stereocenters. The van der Waals surface area contributed by atoms with E-state index in [0.29, 0.717) is 24.6 Å². The van der Waals surface area contributed by atoms with Crippen LogP contribution >= 0.6 is 11.6 Å². The van der Waals surface area contributed by atoms with Crippen molar-refractivity contribution < 1.29 is 13.2 Å². The van der Waals surface area contributed by atoms with E-state index >= 15 is 0 Å². The highest BCUT2D eigenvalue weighted by Gasteiger charge is 2.18. The number of ether oxygens (including phenoxy) is 1. The Kier molecular flexibility index (Phi) is 7.62. The van der Waals surface area contributed by atoms with E-state index in [-0.39, 0.29) is 10.9 Å². The molecule has 0 aliphatic rings. The summed E-state index contributed by atoms with van der Waals surface area (Å²) in [6.45, 7) is 5.63. The number of sulfonamides is 1. The van der Waals surface area contributed by atoms with Gasteiger partial charge < -0.3 is 10.1 Å². The molecule has 1 aromatic rings. The molecule has 0 radical (unpaired) electrons. The van der Waals surface area contributed by atoms with E-state index in [1.165, 1.54) is 6.07 Å². The molecular formula is C14H23ClN2O3S. The summed E-state index contributed by atoms with van der Waals surface area (Å²) in [6, 6.07) is 4.55. The molecule has 0 fully saturated rings. The van der Waals surface area contributed by atoms with Crippen molar-refractivity contribution in [2.24, 2.45) is 0 Å². The maximum Gasteiger partial charge on any atom is 0.240 e. The molecule has 21 heavy (non-hydrogen) atoms. The van der Waals surface area contributed by atoms with E-state index < -0.39 is 10.0 Å². The summed E-state index contributed by atoms with van der Waals surface area (Å²) in [5, 5.41) is 3.69. The van der Waals surface area contributed by atoms with Gasteiger partial charge in [-0.25, -0.2) is 13.1 Å². The van der Waals surface area contributed by atoms with Crippen LogP contribution in [-0.2, 0) is 21.3 Å². The fraction of sp³-hybridized carbons (Fsp3) is 0.571. The fourth-order valence-corrected chi connectivity index (χ4v) is 3.31. The molecule has 0 saturated carbocycles. The maximum atomic E-state index is 12.3. The molecule has 0 aliphatic heterocycles. The van der Waals surface area contributed by atoms with Gasteiger partial charge >= 0.3 is 0 Å². The van der Waals surface area contributed by atoms with Gasteiger partial charge in [0, 0.05) is 31.3 Å². The largest absolute Gasteiger partial charge is 0.385 e. The highest BCUT2D eigenvalue weighted by Crippen LogP contribution is 2.20. The van der Waals surface area contributed by atoms with Gasteiger partial charge in [-0.05, 0) is 43.7 Å². The number of halogens is 1. The lowest BCUT2D eigenvalue weighted by molar-refractivity contribution is 0.188. The number of hydrogen-bond acceptors (Lipinski definition) is 4. The van der Waals surface area contributed by atoms with Crippen LogP contribution in [0.15, 0.2) is 23.1 Å². The average molecular weight is 335 g/mol. The first-order chi connectivity index (χ1) is 9.90. The zero-order valence-electron chi connectivity index (χ0n) is 12.6. The highest BCUT2D eigenvalue weighted by molar-refractivity contribution is 7.89. The number of hydrogen-bond donors (Lipinski definition) is 2. The van der Waals surface area contributed by atoms with Gasteiger partial charge in [0.15, 0.2) is 0 Å². The molecule has 1 atom stereocenters. The fourth-order valence-electron chi connectivity index (χ4n) is 1.80. The van der Waals surface area contributed by atoms with Gasteiger partial charge in [-0.3, -0.25) is 0 Å². The molecule has 0 bridgehead atoms. The van der Waals surface area contributed by atoms with Crippen molar-refractivity contribution >= 4 is 21.6 Å². The van der Waals surface area contributed by atoms with Crippen molar-refractivity contribution in [3.63, 3.8) is 0 Å². The molecule has 2 N–H and O–H groups in total. The van der Waals surface area contributed by atoms with Crippen LogP contribution in [0.3, 0.4) is 0 Å². The standard InChI is InChI=1S/C14H23ClN2O3S/c1-4-16-10-12-9-13(5-6-14(12)15)21(18,19)17-11(2)7-8-20-3/h5-6,9,11,16-17H,4,7-8,10H2,1-3H3. The summed E-state index contributed by atoms with van der Waals surface area (Å²) < 4.78 is 32.2. The number of methoxy groups -OCH3 is 1. The van der Waals surface area contributed by atoms with Crippen molar-refractivity contribution in [1.82, 2.24) is 10.0 Å². The second-order valence-corrected chi connectivity index (χ2v) is 6.96. The van der Waals surface area contributed by atoms with E-state index in [2.05, 4.69) is 10.0 Å². The molecule has 0 aliphatic carbocycles. The second kappa shape index (κ2) is 8.70.